The quantitative estimate of drug-likeness (QED) is 0.513. The van der Waals surface area contributed by atoms with Gasteiger partial charge in [-0.25, -0.2) is 4.99 Å². The van der Waals surface area contributed by atoms with Crippen molar-refractivity contribution in [1.29, 1.82) is 0 Å². The molecule has 1 aromatic carbocycles. The Morgan fingerprint density at radius 2 is 2.04 bits per heavy atom. The summed E-state index contributed by atoms with van der Waals surface area (Å²) in [6, 6.07) is 8.46. The average Bonchev–Trinajstić information content (AvgIpc) is 3.51. The Balaban J connectivity index is 1.59. The number of pyridine rings is 1. The van der Waals surface area contributed by atoms with Gasteiger partial charge in [-0.15, -0.1) is 0 Å². The van der Waals surface area contributed by atoms with E-state index in [0.29, 0.717) is 6.54 Å². The van der Waals surface area contributed by atoms with E-state index in [2.05, 4.69) is 60.7 Å². The molecule has 1 saturated carbocycles. The molecule has 1 aliphatic rings. The maximum Gasteiger partial charge on any atom is 0.191 e. The van der Waals surface area contributed by atoms with E-state index in [1.54, 1.807) is 0 Å². The third-order valence-electron chi connectivity index (χ3n) is 4.97. The van der Waals surface area contributed by atoms with E-state index in [4.69, 9.17) is 9.73 Å². The number of ether oxygens (including phenoxy) is 1. The minimum Gasteiger partial charge on any atom is -0.493 e. The van der Waals surface area contributed by atoms with Gasteiger partial charge in [-0.2, -0.15) is 0 Å². The van der Waals surface area contributed by atoms with E-state index >= 15 is 0 Å². The smallest absolute Gasteiger partial charge is 0.191 e. The van der Waals surface area contributed by atoms with Crippen LogP contribution >= 0.6 is 0 Å². The van der Waals surface area contributed by atoms with Gasteiger partial charge in [-0.1, -0.05) is 12.1 Å². The summed E-state index contributed by atoms with van der Waals surface area (Å²) in [4.78, 5) is 8.93. The van der Waals surface area contributed by atoms with Gasteiger partial charge in [0.2, 0.25) is 0 Å². The molecule has 0 amide bonds. The van der Waals surface area contributed by atoms with Crippen molar-refractivity contribution in [1.82, 2.24) is 15.6 Å². The van der Waals surface area contributed by atoms with Crippen LogP contribution in [0.3, 0.4) is 0 Å². The fourth-order valence-corrected chi connectivity index (χ4v) is 3.02. The van der Waals surface area contributed by atoms with Gasteiger partial charge < -0.3 is 15.4 Å². The van der Waals surface area contributed by atoms with E-state index < -0.39 is 0 Å². The zero-order valence-electron chi connectivity index (χ0n) is 17.3. The summed E-state index contributed by atoms with van der Waals surface area (Å²) >= 11 is 0. The molecule has 0 atom stereocenters. The minimum absolute atomic E-state index is 0.601. The van der Waals surface area contributed by atoms with E-state index in [1.807, 2.05) is 12.4 Å². The van der Waals surface area contributed by atoms with E-state index in [1.165, 1.54) is 29.5 Å². The molecule has 1 heterocycles. The molecule has 0 saturated heterocycles. The lowest BCUT2D eigenvalue weighted by atomic mass is 10.1. The molecule has 0 unspecified atom stereocenters. The maximum absolute atomic E-state index is 6.07. The van der Waals surface area contributed by atoms with Crippen molar-refractivity contribution in [2.45, 2.75) is 46.6 Å². The van der Waals surface area contributed by atoms with Crippen LogP contribution in [0.25, 0.3) is 0 Å². The summed E-state index contributed by atoms with van der Waals surface area (Å²) in [5.74, 6) is 2.55. The van der Waals surface area contributed by atoms with Gasteiger partial charge in [0.05, 0.1) is 13.2 Å². The second kappa shape index (κ2) is 10.1. The molecule has 1 aromatic heterocycles. The number of benzene rings is 1. The molecular weight excluding hydrogens is 348 g/mol. The fourth-order valence-electron chi connectivity index (χ4n) is 3.02. The number of aromatic nitrogens is 1. The normalized spacial score (nSPS) is 14.0. The Morgan fingerprint density at radius 1 is 1.18 bits per heavy atom. The predicted molar refractivity (Wildman–Crippen MR) is 115 cm³/mol. The van der Waals surface area contributed by atoms with Crippen LogP contribution in [0.4, 0.5) is 0 Å². The highest BCUT2D eigenvalue weighted by Gasteiger charge is 2.22. The lowest BCUT2D eigenvalue weighted by Gasteiger charge is -2.14. The highest BCUT2D eigenvalue weighted by molar-refractivity contribution is 5.79. The molecule has 28 heavy (non-hydrogen) atoms. The second-order valence-corrected chi connectivity index (χ2v) is 7.54. The van der Waals surface area contributed by atoms with Crippen LogP contribution < -0.4 is 15.4 Å². The largest absolute Gasteiger partial charge is 0.493 e. The van der Waals surface area contributed by atoms with Gasteiger partial charge in [0.25, 0.3) is 0 Å². The number of aryl methyl sites for hydroxylation is 2. The van der Waals surface area contributed by atoms with Crippen molar-refractivity contribution in [3.05, 3.63) is 58.9 Å². The summed E-state index contributed by atoms with van der Waals surface area (Å²) in [5.41, 5.74) is 4.89. The number of hydrogen-bond acceptors (Lipinski definition) is 3. The first-order valence-electron chi connectivity index (χ1n) is 10.3. The van der Waals surface area contributed by atoms with Crippen LogP contribution in [-0.2, 0) is 13.0 Å². The minimum atomic E-state index is 0.601. The molecule has 0 radical (unpaired) electrons. The van der Waals surface area contributed by atoms with Crippen LogP contribution in [0.2, 0.25) is 0 Å². The SMILES string of the molecule is CCNC(=NCc1ccc(C)cc1OCC1CC1)NCCc1ccncc1C. The zero-order chi connectivity index (χ0) is 19.8. The van der Waals surface area contributed by atoms with Crippen molar-refractivity contribution in [2.75, 3.05) is 19.7 Å². The van der Waals surface area contributed by atoms with Crippen molar-refractivity contribution in [3.63, 3.8) is 0 Å². The Hall–Kier alpha value is -2.56. The topological polar surface area (TPSA) is 58.5 Å². The number of hydrogen-bond donors (Lipinski definition) is 2. The predicted octanol–water partition coefficient (Wildman–Crippen LogP) is 3.79. The molecule has 0 spiro atoms. The first-order chi connectivity index (χ1) is 13.7. The van der Waals surface area contributed by atoms with Gasteiger partial charge in [0, 0.05) is 31.0 Å². The second-order valence-electron chi connectivity index (χ2n) is 7.54. The average molecular weight is 381 g/mol. The van der Waals surface area contributed by atoms with Crippen LogP contribution in [0.5, 0.6) is 5.75 Å². The monoisotopic (exact) mass is 380 g/mol. The number of nitrogens with one attached hydrogen (secondary N) is 2. The third-order valence-corrected chi connectivity index (χ3v) is 4.97. The molecule has 2 N–H and O–H groups in total. The summed E-state index contributed by atoms with van der Waals surface area (Å²) in [5, 5.41) is 6.77. The first kappa shape index (κ1) is 20.2. The van der Waals surface area contributed by atoms with E-state index in [9.17, 15) is 0 Å². The van der Waals surface area contributed by atoms with Gasteiger partial charge in [0.1, 0.15) is 5.75 Å². The van der Waals surface area contributed by atoms with Crippen LogP contribution in [0, 0.1) is 19.8 Å². The van der Waals surface area contributed by atoms with Gasteiger partial charge in [-0.05, 0) is 74.8 Å². The Morgan fingerprint density at radius 3 is 2.79 bits per heavy atom. The van der Waals surface area contributed by atoms with Crippen molar-refractivity contribution in [2.24, 2.45) is 10.9 Å². The molecule has 5 nitrogen and oxygen atoms in total. The Bertz CT molecular complexity index is 799. The standard InChI is InChI=1S/C23H32N4O/c1-4-25-23(26-12-10-20-9-11-24-14-18(20)3)27-15-21-8-5-17(2)13-22(21)28-16-19-6-7-19/h5,8-9,11,13-14,19H,4,6-7,10,12,15-16H2,1-3H3,(H2,25,26,27). The molecule has 1 fully saturated rings. The maximum atomic E-state index is 6.07. The lowest BCUT2D eigenvalue weighted by Crippen LogP contribution is -2.38. The first-order valence-corrected chi connectivity index (χ1v) is 10.3. The fraction of sp³-hybridized carbons (Fsp3) is 0.478. The van der Waals surface area contributed by atoms with E-state index in [0.717, 1.165) is 49.3 Å². The molecule has 0 aliphatic heterocycles. The summed E-state index contributed by atoms with van der Waals surface area (Å²) in [7, 11) is 0. The molecule has 1 aliphatic carbocycles. The third kappa shape index (κ3) is 6.25. The Kier molecular flexibility index (Phi) is 7.29. The van der Waals surface area contributed by atoms with Crippen molar-refractivity contribution >= 4 is 5.96 Å². The molecule has 5 heteroatoms. The summed E-state index contributed by atoms with van der Waals surface area (Å²) in [6.45, 7) is 9.37. The summed E-state index contributed by atoms with van der Waals surface area (Å²) in [6.07, 6.45) is 7.30. The van der Waals surface area contributed by atoms with Crippen LogP contribution in [0.15, 0.2) is 41.7 Å². The number of guanidine groups is 1. The van der Waals surface area contributed by atoms with Crippen LogP contribution in [-0.4, -0.2) is 30.6 Å². The molecule has 3 rings (SSSR count). The summed E-state index contributed by atoms with van der Waals surface area (Å²) < 4.78 is 6.07. The number of nitrogens with zero attached hydrogens (tertiary/aromatic N) is 2. The van der Waals surface area contributed by atoms with Gasteiger partial charge in [0.15, 0.2) is 5.96 Å². The highest BCUT2D eigenvalue weighted by Crippen LogP contribution is 2.30. The molecule has 0 bridgehead atoms. The number of rotatable bonds is 9. The Labute approximate surface area is 168 Å². The van der Waals surface area contributed by atoms with Crippen LogP contribution in [0.1, 0.15) is 42.0 Å². The zero-order valence-corrected chi connectivity index (χ0v) is 17.3. The van der Waals surface area contributed by atoms with Gasteiger partial charge >= 0.3 is 0 Å². The van der Waals surface area contributed by atoms with Gasteiger partial charge in [-0.3, -0.25) is 4.98 Å². The van der Waals surface area contributed by atoms with Crippen molar-refractivity contribution < 1.29 is 4.74 Å². The molecule has 2 aromatic rings. The molecule has 150 valence electrons. The lowest BCUT2D eigenvalue weighted by molar-refractivity contribution is 0.296. The van der Waals surface area contributed by atoms with E-state index in [-0.39, 0.29) is 0 Å². The highest BCUT2D eigenvalue weighted by atomic mass is 16.5. The number of aliphatic imine (C=N–C) groups is 1. The molecular formula is C23H32N4O. The van der Waals surface area contributed by atoms with Crippen molar-refractivity contribution in [3.8, 4) is 5.75 Å².